The molecule has 0 spiro atoms. The molecule has 138 valence electrons. The van der Waals surface area contributed by atoms with E-state index < -0.39 is 17.6 Å². The van der Waals surface area contributed by atoms with Crippen molar-refractivity contribution in [3.8, 4) is 0 Å². The SMILES string of the molecule is CN(C)C(=O)c1cc(NC(=O)c2ccn(C3CCCNC3)n2)ccc1F. The lowest BCUT2D eigenvalue weighted by Gasteiger charge is -2.22. The predicted molar refractivity (Wildman–Crippen MR) is 95.7 cm³/mol. The van der Waals surface area contributed by atoms with Crippen LogP contribution in [0.5, 0.6) is 0 Å². The highest BCUT2D eigenvalue weighted by Gasteiger charge is 2.19. The minimum absolute atomic E-state index is 0.0911. The Labute approximate surface area is 151 Å². The van der Waals surface area contributed by atoms with Gasteiger partial charge in [0.25, 0.3) is 11.8 Å². The van der Waals surface area contributed by atoms with Crippen molar-refractivity contribution >= 4 is 17.5 Å². The molecule has 7 nitrogen and oxygen atoms in total. The highest BCUT2D eigenvalue weighted by atomic mass is 19.1. The zero-order chi connectivity index (χ0) is 18.7. The van der Waals surface area contributed by atoms with Crippen molar-refractivity contribution in [1.29, 1.82) is 0 Å². The maximum atomic E-state index is 13.9. The molecule has 2 aromatic rings. The van der Waals surface area contributed by atoms with Crippen LogP contribution in [0.1, 0.15) is 39.7 Å². The molecule has 0 bridgehead atoms. The number of hydrogen-bond donors (Lipinski definition) is 2. The Morgan fingerprint density at radius 1 is 1.35 bits per heavy atom. The number of carbonyl (C=O) groups is 2. The number of carbonyl (C=O) groups excluding carboxylic acids is 2. The van der Waals surface area contributed by atoms with Gasteiger partial charge in [-0.25, -0.2) is 4.39 Å². The quantitative estimate of drug-likeness (QED) is 0.874. The highest BCUT2D eigenvalue weighted by molar-refractivity contribution is 6.03. The lowest BCUT2D eigenvalue weighted by atomic mass is 10.1. The van der Waals surface area contributed by atoms with Crippen LogP contribution in [0.4, 0.5) is 10.1 Å². The molecule has 1 atom stereocenters. The van der Waals surface area contributed by atoms with E-state index in [1.165, 1.54) is 23.1 Å². The molecule has 2 amide bonds. The van der Waals surface area contributed by atoms with E-state index in [1.54, 1.807) is 31.0 Å². The van der Waals surface area contributed by atoms with Gasteiger partial charge in [-0.05, 0) is 43.7 Å². The molecule has 0 aliphatic carbocycles. The van der Waals surface area contributed by atoms with Crippen molar-refractivity contribution in [2.45, 2.75) is 18.9 Å². The number of benzene rings is 1. The molecule has 1 unspecified atom stereocenters. The van der Waals surface area contributed by atoms with Crippen LogP contribution >= 0.6 is 0 Å². The molecule has 1 saturated heterocycles. The number of hydrogen-bond acceptors (Lipinski definition) is 4. The summed E-state index contributed by atoms with van der Waals surface area (Å²) >= 11 is 0. The Morgan fingerprint density at radius 3 is 2.85 bits per heavy atom. The first-order valence-electron chi connectivity index (χ1n) is 8.54. The smallest absolute Gasteiger partial charge is 0.276 e. The summed E-state index contributed by atoms with van der Waals surface area (Å²) < 4.78 is 15.7. The van der Waals surface area contributed by atoms with Crippen LogP contribution in [0, 0.1) is 5.82 Å². The third kappa shape index (κ3) is 3.91. The van der Waals surface area contributed by atoms with Crippen LogP contribution in [-0.2, 0) is 0 Å². The molecule has 1 aromatic heterocycles. The van der Waals surface area contributed by atoms with Gasteiger partial charge in [-0.15, -0.1) is 0 Å². The number of nitrogens with zero attached hydrogens (tertiary/aromatic N) is 3. The molecule has 2 N–H and O–H groups in total. The monoisotopic (exact) mass is 359 g/mol. The van der Waals surface area contributed by atoms with Gasteiger partial charge in [-0.2, -0.15) is 5.10 Å². The second-order valence-corrected chi connectivity index (χ2v) is 6.53. The minimum Gasteiger partial charge on any atom is -0.345 e. The zero-order valence-corrected chi connectivity index (χ0v) is 14.8. The summed E-state index contributed by atoms with van der Waals surface area (Å²) in [5.41, 5.74) is 0.530. The average Bonchev–Trinajstić information content (AvgIpc) is 3.13. The number of nitrogens with one attached hydrogen (secondary N) is 2. The summed E-state index contributed by atoms with van der Waals surface area (Å²) in [4.78, 5) is 25.7. The van der Waals surface area contributed by atoms with Crippen molar-refractivity contribution in [2.24, 2.45) is 0 Å². The fourth-order valence-corrected chi connectivity index (χ4v) is 2.92. The Balaban J connectivity index is 1.73. The topological polar surface area (TPSA) is 79.3 Å². The molecule has 1 aliphatic rings. The number of halogens is 1. The Kier molecular flexibility index (Phi) is 5.32. The Morgan fingerprint density at radius 2 is 2.15 bits per heavy atom. The zero-order valence-electron chi connectivity index (χ0n) is 14.8. The Hall–Kier alpha value is -2.74. The lowest BCUT2D eigenvalue weighted by Crippen LogP contribution is -2.32. The van der Waals surface area contributed by atoms with Crippen LogP contribution in [-0.4, -0.2) is 53.7 Å². The molecule has 0 radical (unpaired) electrons. The van der Waals surface area contributed by atoms with E-state index in [2.05, 4.69) is 15.7 Å². The molecule has 1 aromatic carbocycles. The normalized spacial score (nSPS) is 17.0. The first kappa shape index (κ1) is 18.1. The summed E-state index contributed by atoms with van der Waals surface area (Å²) in [6, 6.07) is 5.80. The van der Waals surface area contributed by atoms with Crippen LogP contribution in [0.3, 0.4) is 0 Å². The molecule has 2 heterocycles. The van der Waals surface area contributed by atoms with Gasteiger partial charge in [0.1, 0.15) is 5.82 Å². The van der Waals surface area contributed by atoms with Gasteiger partial charge in [0.2, 0.25) is 0 Å². The average molecular weight is 359 g/mol. The van der Waals surface area contributed by atoms with Gasteiger partial charge in [0.05, 0.1) is 11.6 Å². The second kappa shape index (κ2) is 7.65. The van der Waals surface area contributed by atoms with E-state index in [0.717, 1.165) is 25.9 Å². The second-order valence-electron chi connectivity index (χ2n) is 6.53. The third-order valence-electron chi connectivity index (χ3n) is 4.35. The third-order valence-corrected chi connectivity index (χ3v) is 4.35. The highest BCUT2D eigenvalue weighted by Crippen LogP contribution is 2.18. The predicted octanol–water partition coefficient (Wildman–Crippen LogP) is 1.90. The first-order valence-corrected chi connectivity index (χ1v) is 8.54. The fourth-order valence-electron chi connectivity index (χ4n) is 2.92. The van der Waals surface area contributed by atoms with Gasteiger partial charge >= 0.3 is 0 Å². The number of rotatable bonds is 4. The number of aromatic nitrogens is 2. The van der Waals surface area contributed by atoms with Gasteiger partial charge < -0.3 is 15.5 Å². The van der Waals surface area contributed by atoms with Crippen molar-refractivity contribution in [2.75, 3.05) is 32.5 Å². The fraction of sp³-hybridized carbons (Fsp3) is 0.389. The number of amides is 2. The van der Waals surface area contributed by atoms with Gasteiger partial charge in [0.15, 0.2) is 5.69 Å². The van der Waals surface area contributed by atoms with Crippen LogP contribution in [0.2, 0.25) is 0 Å². The lowest BCUT2D eigenvalue weighted by molar-refractivity contribution is 0.0822. The van der Waals surface area contributed by atoms with Crippen LogP contribution < -0.4 is 10.6 Å². The Bertz CT molecular complexity index is 812. The molecule has 0 saturated carbocycles. The van der Waals surface area contributed by atoms with Crippen molar-refractivity contribution in [1.82, 2.24) is 20.0 Å². The van der Waals surface area contributed by atoms with Crippen molar-refractivity contribution < 1.29 is 14.0 Å². The standard InChI is InChI=1S/C18H22FN5O2/c1-23(2)18(26)14-10-12(5-6-15(14)19)21-17(25)16-7-9-24(22-16)13-4-3-8-20-11-13/h5-7,9-10,13,20H,3-4,8,11H2,1-2H3,(H,21,25). The van der Waals surface area contributed by atoms with E-state index >= 15 is 0 Å². The molecular formula is C18H22FN5O2. The molecule has 3 rings (SSSR count). The molecule has 8 heteroatoms. The summed E-state index contributed by atoms with van der Waals surface area (Å²) in [6.07, 6.45) is 3.88. The van der Waals surface area contributed by atoms with Gasteiger partial charge in [-0.1, -0.05) is 0 Å². The molecule has 1 aliphatic heterocycles. The minimum atomic E-state index is -0.629. The molecule has 1 fully saturated rings. The van der Waals surface area contributed by atoms with E-state index in [1.807, 2.05) is 0 Å². The first-order chi connectivity index (χ1) is 12.5. The van der Waals surface area contributed by atoms with E-state index in [0.29, 0.717) is 5.69 Å². The number of anilines is 1. The van der Waals surface area contributed by atoms with Gasteiger partial charge in [-0.3, -0.25) is 14.3 Å². The van der Waals surface area contributed by atoms with Crippen molar-refractivity contribution in [3.63, 3.8) is 0 Å². The summed E-state index contributed by atoms with van der Waals surface area (Å²) in [7, 11) is 3.08. The summed E-state index contributed by atoms with van der Waals surface area (Å²) in [6.45, 7) is 1.83. The van der Waals surface area contributed by atoms with E-state index in [4.69, 9.17) is 0 Å². The van der Waals surface area contributed by atoms with E-state index in [-0.39, 0.29) is 17.3 Å². The summed E-state index contributed by atoms with van der Waals surface area (Å²) in [5, 5.41) is 10.3. The largest absolute Gasteiger partial charge is 0.345 e. The maximum Gasteiger partial charge on any atom is 0.276 e. The maximum absolute atomic E-state index is 13.9. The van der Waals surface area contributed by atoms with Crippen LogP contribution in [0.15, 0.2) is 30.5 Å². The molecular weight excluding hydrogens is 337 g/mol. The number of piperidine rings is 1. The van der Waals surface area contributed by atoms with Gasteiger partial charge in [0, 0.05) is 32.5 Å². The van der Waals surface area contributed by atoms with E-state index in [9.17, 15) is 14.0 Å². The van der Waals surface area contributed by atoms with Crippen LogP contribution in [0.25, 0.3) is 0 Å². The molecule has 26 heavy (non-hydrogen) atoms. The summed E-state index contributed by atoms with van der Waals surface area (Å²) in [5.74, 6) is -1.49. The van der Waals surface area contributed by atoms with Crippen molar-refractivity contribution in [3.05, 3.63) is 47.5 Å².